The van der Waals surface area contributed by atoms with Gasteiger partial charge in [-0.2, -0.15) is 0 Å². The first-order chi connectivity index (χ1) is 7.77. The maximum absolute atomic E-state index is 5.95. The van der Waals surface area contributed by atoms with Crippen molar-refractivity contribution in [1.29, 1.82) is 0 Å². The van der Waals surface area contributed by atoms with E-state index in [9.17, 15) is 0 Å². The Labute approximate surface area is 101 Å². The molecule has 16 heavy (non-hydrogen) atoms. The number of nitrogens with zero attached hydrogens (tertiary/aromatic N) is 1. The van der Waals surface area contributed by atoms with Crippen LogP contribution in [-0.4, -0.2) is 4.98 Å². The van der Waals surface area contributed by atoms with Gasteiger partial charge in [-0.3, -0.25) is 0 Å². The lowest BCUT2D eigenvalue weighted by molar-refractivity contribution is 1.44. The van der Waals surface area contributed by atoms with Crippen molar-refractivity contribution in [3.05, 3.63) is 46.9 Å². The summed E-state index contributed by atoms with van der Waals surface area (Å²) in [6, 6.07) is 14.0. The Kier molecular flexibility index (Phi) is 2.07. The molecule has 0 spiro atoms. The van der Waals surface area contributed by atoms with E-state index in [1.807, 2.05) is 36.4 Å². The van der Waals surface area contributed by atoms with Crippen LogP contribution >= 0.6 is 15.9 Å². The molecule has 0 atom stereocenters. The average Bonchev–Trinajstić information content (AvgIpc) is 2.29. The van der Waals surface area contributed by atoms with Gasteiger partial charge in [0.2, 0.25) is 0 Å². The highest BCUT2D eigenvalue weighted by molar-refractivity contribution is 9.10. The molecule has 0 amide bonds. The molecule has 0 radical (unpaired) electrons. The molecule has 2 nitrogen and oxygen atoms in total. The number of pyridine rings is 1. The monoisotopic (exact) mass is 272 g/mol. The quantitative estimate of drug-likeness (QED) is 0.634. The lowest BCUT2D eigenvalue weighted by Gasteiger charge is -2.07. The van der Waals surface area contributed by atoms with E-state index in [0.29, 0.717) is 5.82 Å². The van der Waals surface area contributed by atoms with E-state index >= 15 is 0 Å². The highest BCUT2D eigenvalue weighted by Crippen LogP contribution is 2.32. The molecule has 0 fully saturated rings. The summed E-state index contributed by atoms with van der Waals surface area (Å²) in [7, 11) is 0. The Bertz CT molecular complexity index is 692. The predicted molar refractivity (Wildman–Crippen MR) is 71.4 cm³/mol. The third kappa shape index (κ3) is 1.28. The second kappa shape index (κ2) is 3.46. The third-order valence-electron chi connectivity index (χ3n) is 2.70. The molecule has 0 bridgehead atoms. The van der Waals surface area contributed by atoms with E-state index in [1.54, 1.807) is 0 Å². The molecule has 0 saturated carbocycles. The maximum atomic E-state index is 5.95. The maximum Gasteiger partial charge on any atom is 0.131 e. The molecule has 3 heteroatoms. The Morgan fingerprint density at radius 3 is 2.50 bits per heavy atom. The largest absolute Gasteiger partial charge is 0.383 e. The summed E-state index contributed by atoms with van der Waals surface area (Å²) in [4.78, 5) is 4.41. The Morgan fingerprint density at radius 1 is 0.938 bits per heavy atom. The molecule has 3 aromatic rings. The molecule has 0 saturated heterocycles. The minimum absolute atomic E-state index is 0.584. The molecule has 0 aliphatic rings. The van der Waals surface area contributed by atoms with Crippen LogP contribution in [0.25, 0.3) is 21.7 Å². The molecule has 2 N–H and O–H groups in total. The summed E-state index contributed by atoms with van der Waals surface area (Å²) in [5.74, 6) is 0.584. The first kappa shape index (κ1) is 9.60. The van der Waals surface area contributed by atoms with Crippen LogP contribution in [0.3, 0.4) is 0 Å². The second-order valence-electron chi connectivity index (χ2n) is 3.68. The van der Waals surface area contributed by atoms with Crippen LogP contribution in [0.15, 0.2) is 46.9 Å². The van der Waals surface area contributed by atoms with Crippen molar-refractivity contribution in [2.45, 2.75) is 0 Å². The topological polar surface area (TPSA) is 38.9 Å². The fraction of sp³-hybridized carbons (Fsp3) is 0. The molecule has 78 valence electrons. The van der Waals surface area contributed by atoms with Crippen molar-refractivity contribution < 1.29 is 0 Å². The van der Waals surface area contributed by atoms with Gasteiger partial charge in [0.05, 0.1) is 5.52 Å². The normalized spacial score (nSPS) is 11.1. The Balaban J connectivity index is 2.67. The summed E-state index contributed by atoms with van der Waals surface area (Å²) < 4.78 is 1.05. The van der Waals surface area contributed by atoms with Gasteiger partial charge in [0.25, 0.3) is 0 Å². The van der Waals surface area contributed by atoms with Gasteiger partial charge in [-0.05, 0) is 17.5 Å². The van der Waals surface area contributed by atoms with Crippen molar-refractivity contribution in [1.82, 2.24) is 4.98 Å². The molecule has 0 aliphatic heterocycles. The zero-order valence-corrected chi connectivity index (χ0v) is 10.0. The molecule has 0 unspecified atom stereocenters. The van der Waals surface area contributed by atoms with E-state index in [-0.39, 0.29) is 0 Å². The van der Waals surface area contributed by atoms with E-state index in [4.69, 9.17) is 5.73 Å². The van der Waals surface area contributed by atoms with Crippen molar-refractivity contribution in [3.63, 3.8) is 0 Å². The first-order valence-corrected chi connectivity index (χ1v) is 5.79. The number of benzene rings is 2. The summed E-state index contributed by atoms with van der Waals surface area (Å²) in [5.41, 5.74) is 6.87. The van der Waals surface area contributed by atoms with Gasteiger partial charge in [-0.15, -0.1) is 0 Å². The predicted octanol–water partition coefficient (Wildman–Crippen LogP) is 3.73. The number of nitrogen functional groups attached to an aromatic ring is 1. The fourth-order valence-electron chi connectivity index (χ4n) is 1.99. The smallest absolute Gasteiger partial charge is 0.131 e. The highest BCUT2D eigenvalue weighted by Gasteiger charge is 2.07. The molecular formula is C13H9BrN2. The number of aromatic nitrogens is 1. The average molecular weight is 273 g/mol. The second-order valence-corrected chi connectivity index (χ2v) is 4.53. The van der Waals surface area contributed by atoms with E-state index < -0.39 is 0 Å². The number of hydrogen-bond acceptors (Lipinski definition) is 2. The summed E-state index contributed by atoms with van der Waals surface area (Å²) >= 11 is 3.56. The molecule has 1 heterocycles. The number of rotatable bonds is 0. The van der Waals surface area contributed by atoms with Crippen LogP contribution in [0, 0.1) is 0 Å². The number of halogens is 1. The third-order valence-corrected chi connectivity index (χ3v) is 3.37. The van der Waals surface area contributed by atoms with Crippen molar-refractivity contribution in [2.24, 2.45) is 0 Å². The van der Waals surface area contributed by atoms with Gasteiger partial charge >= 0.3 is 0 Å². The minimum Gasteiger partial charge on any atom is -0.383 e. The molecule has 0 aliphatic carbocycles. The highest BCUT2D eigenvalue weighted by atomic mass is 79.9. The van der Waals surface area contributed by atoms with Gasteiger partial charge in [0, 0.05) is 15.2 Å². The SMILES string of the molecule is Nc1nc2cccc(Br)c2c2ccccc12. The van der Waals surface area contributed by atoms with Gasteiger partial charge in [-0.1, -0.05) is 46.3 Å². The van der Waals surface area contributed by atoms with Gasteiger partial charge in [0.1, 0.15) is 5.82 Å². The number of anilines is 1. The van der Waals surface area contributed by atoms with Crippen molar-refractivity contribution in [3.8, 4) is 0 Å². The Hall–Kier alpha value is -1.61. The van der Waals surface area contributed by atoms with Gasteiger partial charge in [0.15, 0.2) is 0 Å². The molecular weight excluding hydrogens is 264 g/mol. The van der Waals surface area contributed by atoms with Crippen LogP contribution in [0.1, 0.15) is 0 Å². The number of nitrogens with two attached hydrogens (primary N) is 1. The van der Waals surface area contributed by atoms with Crippen molar-refractivity contribution in [2.75, 3.05) is 5.73 Å². The van der Waals surface area contributed by atoms with Crippen LogP contribution in [0.2, 0.25) is 0 Å². The van der Waals surface area contributed by atoms with Crippen LogP contribution in [0.5, 0.6) is 0 Å². The van der Waals surface area contributed by atoms with Crippen LogP contribution in [0.4, 0.5) is 5.82 Å². The zero-order chi connectivity index (χ0) is 11.1. The van der Waals surface area contributed by atoms with E-state index in [0.717, 1.165) is 26.1 Å². The van der Waals surface area contributed by atoms with Gasteiger partial charge < -0.3 is 5.73 Å². The first-order valence-electron chi connectivity index (χ1n) is 5.00. The molecule has 3 rings (SSSR count). The standard InChI is InChI=1S/C13H9BrN2/c14-10-6-3-7-11-12(10)8-4-1-2-5-9(8)13(15)16-11/h1-7H,(H2,15,16). The Morgan fingerprint density at radius 2 is 1.69 bits per heavy atom. The van der Waals surface area contributed by atoms with E-state index in [2.05, 4.69) is 27.0 Å². The summed E-state index contributed by atoms with van der Waals surface area (Å²) in [5, 5.41) is 3.26. The van der Waals surface area contributed by atoms with Crippen LogP contribution in [-0.2, 0) is 0 Å². The van der Waals surface area contributed by atoms with Gasteiger partial charge in [-0.25, -0.2) is 4.98 Å². The lowest BCUT2D eigenvalue weighted by atomic mass is 10.1. The summed E-state index contributed by atoms with van der Waals surface area (Å²) in [6.07, 6.45) is 0. The zero-order valence-electron chi connectivity index (χ0n) is 8.44. The van der Waals surface area contributed by atoms with E-state index in [1.165, 1.54) is 0 Å². The number of fused-ring (bicyclic) bond motifs is 3. The molecule has 1 aromatic heterocycles. The van der Waals surface area contributed by atoms with Crippen molar-refractivity contribution >= 4 is 43.4 Å². The lowest BCUT2D eigenvalue weighted by Crippen LogP contribution is -1.93. The van der Waals surface area contributed by atoms with Crippen LogP contribution < -0.4 is 5.73 Å². The minimum atomic E-state index is 0.584. The summed E-state index contributed by atoms with van der Waals surface area (Å²) in [6.45, 7) is 0. The molecule has 2 aromatic carbocycles. The number of hydrogen-bond donors (Lipinski definition) is 1. The fourth-order valence-corrected chi connectivity index (χ4v) is 2.56.